The average Bonchev–Trinajstić information content (AvgIpc) is 2.17. The first-order valence-corrected chi connectivity index (χ1v) is 3.41. The van der Waals surface area contributed by atoms with E-state index in [0.717, 1.165) is 17.1 Å². The third kappa shape index (κ3) is 1.04. The number of aryl methyl sites for hydroxylation is 1. The molecule has 2 nitrogen and oxygen atoms in total. The van der Waals surface area contributed by atoms with Gasteiger partial charge in [0, 0.05) is 5.56 Å². The summed E-state index contributed by atoms with van der Waals surface area (Å²) >= 11 is 0. The molecule has 0 aromatic carbocycles. The standard InChI is InChI=1S/C9H7NO/c1-7-5-8-3-2-4-10-6-9(8)11-7/h3-6H,1H3. The van der Waals surface area contributed by atoms with Crippen LogP contribution in [0.2, 0.25) is 0 Å². The second-order valence-electron chi connectivity index (χ2n) is 2.39. The van der Waals surface area contributed by atoms with Gasteiger partial charge in [-0.25, -0.2) is 0 Å². The van der Waals surface area contributed by atoms with Gasteiger partial charge in [0.25, 0.3) is 0 Å². The second kappa shape index (κ2) is 2.26. The lowest BCUT2D eigenvalue weighted by Crippen LogP contribution is -1.76. The molecule has 0 fully saturated rings. The van der Waals surface area contributed by atoms with Gasteiger partial charge in [-0.3, -0.25) is 4.99 Å². The fourth-order valence-corrected chi connectivity index (χ4v) is 1.04. The molecule has 54 valence electrons. The summed E-state index contributed by atoms with van der Waals surface area (Å²) < 4.78 is 5.35. The predicted molar refractivity (Wildman–Crippen MR) is 43.6 cm³/mol. The van der Waals surface area contributed by atoms with Gasteiger partial charge < -0.3 is 4.42 Å². The molecule has 0 spiro atoms. The Kier molecular flexibility index (Phi) is 1.27. The Bertz CT molecular complexity index is 365. The van der Waals surface area contributed by atoms with Crippen molar-refractivity contribution >= 4 is 12.3 Å². The fourth-order valence-electron chi connectivity index (χ4n) is 1.04. The van der Waals surface area contributed by atoms with Crippen LogP contribution in [0.25, 0.3) is 6.08 Å². The van der Waals surface area contributed by atoms with Gasteiger partial charge in [-0.05, 0) is 19.1 Å². The highest BCUT2D eigenvalue weighted by molar-refractivity contribution is 5.83. The van der Waals surface area contributed by atoms with Gasteiger partial charge in [0.1, 0.15) is 5.76 Å². The molecule has 0 saturated carbocycles. The lowest BCUT2D eigenvalue weighted by Gasteiger charge is -1.83. The molecule has 0 radical (unpaired) electrons. The maximum Gasteiger partial charge on any atom is 0.153 e. The van der Waals surface area contributed by atoms with Gasteiger partial charge in [0.2, 0.25) is 0 Å². The molecule has 2 heterocycles. The summed E-state index contributed by atoms with van der Waals surface area (Å²) in [6.07, 6.45) is 5.17. The number of furan rings is 1. The molecular weight excluding hydrogens is 138 g/mol. The molecule has 1 aromatic heterocycles. The monoisotopic (exact) mass is 145 g/mol. The smallest absolute Gasteiger partial charge is 0.153 e. The van der Waals surface area contributed by atoms with Crippen molar-refractivity contribution in [2.75, 3.05) is 0 Å². The van der Waals surface area contributed by atoms with Crippen molar-refractivity contribution in [2.24, 2.45) is 4.99 Å². The molecule has 2 heteroatoms. The number of aliphatic imine (C=N–C) groups is 1. The molecule has 0 saturated heterocycles. The van der Waals surface area contributed by atoms with E-state index in [-0.39, 0.29) is 0 Å². The summed E-state index contributed by atoms with van der Waals surface area (Å²) in [6, 6.07) is 1.97. The molecule has 0 aliphatic carbocycles. The zero-order valence-corrected chi connectivity index (χ0v) is 6.16. The average molecular weight is 145 g/mol. The van der Waals surface area contributed by atoms with Crippen LogP contribution in [0.1, 0.15) is 17.1 Å². The number of hydrogen-bond donors (Lipinski definition) is 0. The molecule has 0 N–H and O–H groups in total. The second-order valence-corrected chi connectivity index (χ2v) is 2.39. The van der Waals surface area contributed by atoms with Crippen molar-refractivity contribution in [2.45, 2.75) is 6.92 Å². The van der Waals surface area contributed by atoms with Crippen molar-refractivity contribution in [3.05, 3.63) is 35.1 Å². The van der Waals surface area contributed by atoms with Crippen LogP contribution in [0.15, 0.2) is 27.4 Å². The van der Waals surface area contributed by atoms with Gasteiger partial charge in [-0.2, -0.15) is 0 Å². The highest BCUT2D eigenvalue weighted by Crippen LogP contribution is 2.15. The lowest BCUT2D eigenvalue weighted by atomic mass is 10.2. The van der Waals surface area contributed by atoms with E-state index in [2.05, 4.69) is 10.7 Å². The minimum atomic E-state index is 0.809. The van der Waals surface area contributed by atoms with Crippen LogP contribution in [0.5, 0.6) is 0 Å². The van der Waals surface area contributed by atoms with Gasteiger partial charge in [0.15, 0.2) is 5.76 Å². The first-order chi connectivity index (χ1) is 5.36. The van der Waals surface area contributed by atoms with Crippen molar-refractivity contribution in [3.63, 3.8) is 0 Å². The molecule has 1 aromatic rings. The van der Waals surface area contributed by atoms with Crippen LogP contribution in [0, 0.1) is 6.92 Å². The van der Waals surface area contributed by atoms with Crippen LogP contribution < -0.4 is 0 Å². The molecule has 0 unspecified atom stereocenters. The summed E-state index contributed by atoms with van der Waals surface area (Å²) in [5.41, 5.74) is 3.95. The van der Waals surface area contributed by atoms with Crippen molar-refractivity contribution < 1.29 is 4.42 Å². The molecule has 0 bridgehead atoms. The molecule has 0 amide bonds. The molecule has 11 heavy (non-hydrogen) atoms. The highest BCUT2D eigenvalue weighted by Gasteiger charge is 2.03. The third-order valence-corrected chi connectivity index (χ3v) is 1.49. The van der Waals surface area contributed by atoms with E-state index in [9.17, 15) is 0 Å². The van der Waals surface area contributed by atoms with Crippen molar-refractivity contribution in [1.29, 1.82) is 0 Å². The van der Waals surface area contributed by atoms with Crippen LogP contribution in [0.4, 0.5) is 0 Å². The first-order valence-electron chi connectivity index (χ1n) is 3.41. The number of rotatable bonds is 0. The Morgan fingerprint density at radius 2 is 2.45 bits per heavy atom. The normalized spacial score (nSPS) is 13.2. The summed E-state index contributed by atoms with van der Waals surface area (Å²) in [5, 5.41) is 0. The van der Waals surface area contributed by atoms with E-state index >= 15 is 0 Å². The molecule has 1 aliphatic rings. The van der Waals surface area contributed by atoms with Gasteiger partial charge >= 0.3 is 0 Å². The Morgan fingerprint density at radius 1 is 1.55 bits per heavy atom. The maximum absolute atomic E-state index is 5.35. The topological polar surface area (TPSA) is 25.5 Å². The Hall–Kier alpha value is -1.53. The molecule has 1 aliphatic heterocycles. The summed E-state index contributed by atoms with van der Waals surface area (Å²) in [5.74, 6) is 1.71. The highest BCUT2D eigenvalue weighted by atomic mass is 16.3. The quantitative estimate of drug-likeness (QED) is 0.513. The Labute approximate surface area is 64.6 Å². The zero-order chi connectivity index (χ0) is 7.68. The minimum Gasteiger partial charge on any atom is -0.460 e. The SMILES string of the molecule is Cc1cc2c(o1)C=NC=C=C2. The number of fused-ring (bicyclic) bond motifs is 1. The van der Waals surface area contributed by atoms with Crippen LogP contribution in [0.3, 0.4) is 0 Å². The first kappa shape index (κ1) is 6.20. The van der Waals surface area contributed by atoms with Gasteiger partial charge in [-0.1, -0.05) is 0 Å². The summed E-state index contributed by atoms with van der Waals surface area (Å²) in [6.45, 7) is 1.92. The number of nitrogens with zero attached hydrogens (tertiary/aromatic N) is 1. The van der Waals surface area contributed by atoms with Crippen LogP contribution in [-0.4, -0.2) is 6.21 Å². The fraction of sp³-hybridized carbons (Fsp3) is 0.111. The predicted octanol–water partition coefficient (Wildman–Crippen LogP) is 2.15. The maximum atomic E-state index is 5.35. The van der Waals surface area contributed by atoms with E-state index in [1.54, 1.807) is 12.4 Å². The van der Waals surface area contributed by atoms with Crippen LogP contribution >= 0.6 is 0 Å². The molecular formula is C9H7NO. The van der Waals surface area contributed by atoms with Gasteiger partial charge in [-0.15, -0.1) is 5.73 Å². The van der Waals surface area contributed by atoms with Crippen molar-refractivity contribution in [1.82, 2.24) is 0 Å². The largest absolute Gasteiger partial charge is 0.460 e. The summed E-state index contributed by atoms with van der Waals surface area (Å²) in [4.78, 5) is 3.94. The van der Waals surface area contributed by atoms with Gasteiger partial charge in [0.05, 0.1) is 12.4 Å². The minimum absolute atomic E-state index is 0.809. The molecule has 0 atom stereocenters. The van der Waals surface area contributed by atoms with E-state index in [4.69, 9.17) is 4.42 Å². The Balaban J connectivity index is 2.66. The van der Waals surface area contributed by atoms with E-state index in [1.165, 1.54) is 0 Å². The zero-order valence-electron chi connectivity index (χ0n) is 6.16. The van der Waals surface area contributed by atoms with E-state index < -0.39 is 0 Å². The van der Waals surface area contributed by atoms with Crippen LogP contribution in [-0.2, 0) is 0 Å². The Morgan fingerprint density at radius 3 is 3.36 bits per heavy atom. The summed E-state index contributed by atoms with van der Waals surface area (Å²) in [7, 11) is 0. The lowest BCUT2D eigenvalue weighted by molar-refractivity contribution is 0.527. The molecule has 2 rings (SSSR count). The third-order valence-electron chi connectivity index (χ3n) is 1.49. The van der Waals surface area contributed by atoms with Crippen molar-refractivity contribution in [3.8, 4) is 0 Å². The van der Waals surface area contributed by atoms with E-state index in [1.807, 2.05) is 19.1 Å². The van der Waals surface area contributed by atoms with E-state index in [0.29, 0.717) is 0 Å². The number of hydrogen-bond acceptors (Lipinski definition) is 2.